The molecular weight excluding hydrogens is 242 g/mol. The smallest absolute Gasteiger partial charge is 0.230 e. The molecule has 1 atom stereocenters. The van der Waals surface area contributed by atoms with Crippen LogP contribution in [0.25, 0.3) is 0 Å². The molecule has 0 aliphatic heterocycles. The van der Waals surface area contributed by atoms with Gasteiger partial charge >= 0.3 is 0 Å². The van der Waals surface area contributed by atoms with Gasteiger partial charge in [0.05, 0.1) is 11.8 Å². The average Bonchev–Trinajstić information content (AvgIpc) is 2.70. The van der Waals surface area contributed by atoms with Gasteiger partial charge in [0.2, 0.25) is 5.91 Å². The van der Waals surface area contributed by atoms with Gasteiger partial charge in [-0.1, -0.05) is 45.0 Å². The van der Waals surface area contributed by atoms with Crippen molar-refractivity contribution in [3.05, 3.63) is 35.4 Å². The summed E-state index contributed by atoms with van der Waals surface area (Å²) >= 11 is 1.69. The third kappa shape index (κ3) is 3.52. The molecule has 1 aliphatic carbocycles. The quantitative estimate of drug-likeness (QED) is 0.906. The van der Waals surface area contributed by atoms with Crippen LogP contribution < -0.4 is 5.32 Å². The van der Waals surface area contributed by atoms with Gasteiger partial charge in [-0.05, 0) is 24.0 Å². The van der Waals surface area contributed by atoms with Gasteiger partial charge in [-0.25, -0.2) is 0 Å². The molecular formula is C15H21NOS. The molecule has 0 saturated heterocycles. The summed E-state index contributed by atoms with van der Waals surface area (Å²) in [4.78, 5) is 11.9. The Hall–Kier alpha value is -0.960. The Bertz CT molecular complexity index is 436. The molecule has 2 nitrogen and oxygen atoms in total. The van der Waals surface area contributed by atoms with Crippen molar-refractivity contribution < 1.29 is 4.79 Å². The van der Waals surface area contributed by atoms with E-state index in [4.69, 9.17) is 0 Å². The number of aryl methyl sites for hydroxylation is 1. The minimum absolute atomic E-state index is 0.144. The summed E-state index contributed by atoms with van der Waals surface area (Å²) in [6, 6.07) is 8.62. The number of nitrogens with one attached hydrogen (secondary N) is 1. The fourth-order valence-corrected chi connectivity index (χ4v) is 2.87. The molecule has 0 spiro atoms. The number of carbonyl (C=O) groups excluding carboxylic acids is 1. The predicted octanol–water partition coefficient (Wildman–Crippen LogP) is 3.32. The summed E-state index contributed by atoms with van der Waals surface area (Å²) in [5, 5.41) is 3.15. The lowest BCUT2D eigenvalue weighted by atomic mass is 10.1. The molecule has 0 fully saturated rings. The molecule has 0 saturated carbocycles. The van der Waals surface area contributed by atoms with E-state index in [1.807, 2.05) is 6.07 Å². The van der Waals surface area contributed by atoms with Gasteiger partial charge in [-0.2, -0.15) is 0 Å². The fourth-order valence-electron chi connectivity index (χ4n) is 2.23. The van der Waals surface area contributed by atoms with E-state index in [2.05, 4.69) is 44.3 Å². The van der Waals surface area contributed by atoms with E-state index in [1.54, 1.807) is 11.8 Å². The number of amides is 1. The molecule has 2 rings (SSSR count). The van der Waals surface area contributed by atoms with Crippen LogP contribution in [0.4, 0.5) is 0 Å². The fraction of sp³-hybridized carbons (Fsp3) is 0.533. The van der Waals surface area contributed by atoms with Crippen molar-refractivity contribution >= 4 is 17.7 Å². The molecule has 1 N–H and O–H groups in total. The average molecular weight is 263 g/mol. The first-order chi connectivity index (χ1) is 8.46. The van der Waals surface area contributed by atoms with Crippen molar-refractivity contribution in [2.75, 3.05) is 5.75 Å². The summed E-state index contributed by atoms with van der Waals surface area (Å²) in [6.45, 7) is 6.40. The van der Waals surface area contributed by atoms with Crippen molar-refractivity contribution in [3.8, 4) is 0 Å². The van der Waals surface area contributed by atoms with Gasteiger partial charge in [0.25, 0.3) is 0 Å². The Balaban J connectivity index is 1.90. The number of benzene rings is 1. The SMILES string of the molecule is CC(C)(C)SCC(=O)NC1CCc2ccccc21. The molecule has 0 radical (unpaired) electrons. The Kier molecular flexibility index (Phi) is 4.00. The van der Waals surface area contributed by atoms with Crippen LogP contribution in [0.1, 0.15) is 44.4 Å². The van der Waals surface area contributed by atoms with Crippen molar-refractivity contribution in [3.63, 3.8) is 0 Å². The molecule has 1 aromatic rings. The Morgan fingerprint density at radius 1 is 1.39 bits per heavy atom. The predicted molar refractivity (Wildman–Crippen MR) is 77.9 cm³/mol. The van der Waals surface area contributed by atoms with Gasteiger partial charge in [0.1, 0.15) is 0 Å². The molecule has 1 amide bonds. The highest BCUT2D eigenvalue weighted by Crippen LogP contribution is 2.31. The zero-order chi connectivity index (χ0) is 13.2. The molecule has 98 valence electrons. The molecule has 1 aromatic carbocycles. The van der Waals surface area contributed by atoms with Crippen LogP contribution in [0.15, 0.2) is 24.3 Å². The first-order valence-electron chi connectivity index (χ1n) is 6.47. The lowest BCUT2D eigenvalue weighted by Crippen LogP contribution is -2.30. The Labute approximate surface area is 114 Å². The topological polar surface area (TPSA) is 29.1 Å². The highest BCUT2D eigenvalue weighted by atomic mass is 32.2. The maximum absolute atomic E-state index is 11.9. The van der Waals surface area contributed by atoms with Gasteiger partial charge in [0, 0.05) is 4.75 Å². The third-order valence-electron chi connectivity index (χ3n) is 3.10. The highest BCUT2D eigenvalue weighted by molar-refractivity contribution is 8.01. The zero-order valence-electron chi connectivity index (χ0n) is 11.3. The summed E-state index contributed by atoms with van der Waals surface area (Å²) in [5.74, 6) is 0.693. The first-order valence-corrected chi connectivity index (χ1v) is 7.45. The second-order valence-corrected chi connectivity index (χ2v) is 7.56. The molecule has 0 bridgehead atoms. The van der Waals surface area contributed by atoms with Gasteiger partial charge in [-0.3, -0.25) is 4.79 Å². The van der Waals surface area contributed by atoms with Crippen LogP contribution in [-0.2, 0) is 11.2 Å². The van der Waals surface area contributed by atoms with Crippen LogP contribution >= 0.6 is 11.8 Å². The molecule has 1 aliphatic rings. The monoisotopic (exact) mass is 263 g/mol. The number of rotatable bonds is 3. The van der Waals surface area contributed by atoms with E-state index >= 15 is 0 Å². The van der Waals surface area contributed by atoms with E-state index in [-0.39, 0.29) is 16.7 Å². The summed E-state index contributed by atoms with van der Waals surface area (Å²) in [6.07, 6.45) is 2.11. The van der Waals surface area contributed by atoms with Crippen LogP contribution in [0.3, 0.4) is 0 Å². The number of fused-ring (bicyclic) bond motifs is 1. The lowest BCUT2D eigenvalue weighted by Gasteiger charge is -2.19. The maximum Gasteiger partial charge on any atom is 0.230 e. The van der Waals surface area contributed by atoms with Gasteiger partial charge in [0.15, 0.2) is 0 Å². The third-order valence-corrected chi connectivity index (χ3v) is 4.38. The standard InChI is InChI=1S/C15H21NOS/c1-15(2,3)18-10-14(17)16-13-9-8-11-6-4-5-7-12(11)13/h4-7,13H,8-10H2,1-3H3,(H,16,17). The normalized spacial score (nSPS) is 18.5. The molecule has 18 heavy (non-hydrogen) atoms. The number of thioether (sulfide) groups is 1. The number of hydrogen-bond donors (Lipinski definition) is 1. The maximum atomic E-state index is 11.9. The Morgan fingerprint density at radius 3 is 2.83 bits per heavy atom. The van der Waals surface area contributed by atoms with E-state index in [0.717, 1.165) is 12.8 Å². The van der Waals surface area contributed by atoms with Gasteiger partial charge < -0.3 is 5.32 Å². The van der Waals surface area contributed by atoms with Crippen LogP contribution in [-0.4, -0.2) is 16.4 Å². The minimum atomic E-state index is 0.144. The van der Waals surface area contributed by atoms with Crippen LogP contribution in [0.5, 0.6) is 0 Å². The number of hydrogen-bond acceptors (Lipinski definition) is 2. The Morgan fingerprint density at radius 2 is 2.11 bits per heavy atom. The number of carbonyl (C=O) groups is 1. The van der Waals surface area contributed by atoms with Crippen molar-refractivity contribution in [2.45, 2.75) is 44.4 Å². The lowest BCUT2D eigenvalue weighted by molar-refractivity contribution is -0.119. The second kappa shape index (κ2) is 5.35. The van der Waals surface area contributed by atoms with E-state index in [0.29, 0.717) is 5.75 Å². The van der Waals surface area contributed by atoms with Crippen LogP contribution in [0, 0.1) is 0 Å². The summed E-state index contributed by atoms with van der Waals surface area (Å²) in [7, 11) is 0. The van der Waals surface area contributed by atoms with Crippen molar-refractivity contribution in [1.82, 2.24) is 5.32 Å². The molecule has 0 aromatic heterocycles. The highest BCUT2D eigenvalue weighted by Gasteiger charge is 2.23. The van der Waals surface area contributed by atoms with E-state index in [9.17, 15) is 4.79 Å². The molecule has 3 heteroatoms. The largest absolute Gasteiger partial charge is 0.349 e. The second-order valence-electron chi connectivity index (χ2n) is 5.76. The van der Waals surface area contributed by atoms with E-state index < -0.39 is 0 Å². The zero-order valence-corrected chi connectivity index (χ0v) is 12.1. The summed E-state index contributed by atoms with van der Waals surface area (Å²) in [5.41, 5.74) is 2.68. The van der Waals surface area contributed by atoms with E-state index in [1.165, 1.54) is 11.1 Å². The molecule has 0 heterocycles. The minimum Gasteiger partial charge on any atom is -0.349 e. The molecule has 1 unspecified atom stereocenters. The summed E-state index contributed by atoms with van der Waals surface area (Å²) < 4.78 is 0.144. The van der Waals surface area contributed by atoms with Crippen LogP contribution in [0.2, 0.25) is 0 Å². The first kappa shape index (κ1) is 13.5. The van der Waals surface area contributed by atoms with Crippen molar-refractivity contribution in [1.29, 1.82) is 0 Å². The van der Waals surface area contributed by atoms with Crippen molar-refractivity contribution in [2.24, 2.45) is 0 Å². The van der Waals surface area contributed by atoms with Gasteiger partial charge in [-0.15, -0.1) is 11.8 Å².